The Labute approximate surface area is 250 Å². The van der Waals surface area contributed by atoms with E-state index in [9.17, 15) is 32.9 Å². The fourth-order valence-corrected chi connectivity index (χ4v) is 4.93. The van der Waals surface area contributed by atoms with Gasteiger partial charge in [-0.1, -0.05) is 53.2 Å². The summed E-state index contributed by atoms with van der Waals surface area (Å²) in [7, 11) is 0. The molecule has 4 rings (SSSR count). The van der Waals surface area contributed by atoms with Crippen molar-refractivity contribution in [3.05, 3.63) is 103 Å². The van der Waals surface area contributed by atoms with E-state index in [0.29, 0.717) is 5.69 Å². The first-order valence-corrected chi connectivity index (χ1v) is 13.6. The van der Waals surface area contributed by atoms with Crippen molar-refractivity contribution in [2.45, 2.75) is 24.8 Å². The first kappa shape index (κ1) is 30.8. The Morgan fingerprint density at radius 3 is 2.48 bits per heavy atom. The van der Waals surface area contributed by atoms with Crippen molar-refractivity contribution in [3.8, 4) is 5.69 Å². The Bertz CT molecular complexity index is 1680. The van der Waals surface area contributed by atoms with Crippen LogP contribution in [-0.2, 0) is 17.5 Å². The van der Waals surface area contributed by atoms with Crippen molar-refractivity contribution in [2.24, 2.45) is 0 Å². The van der Waals surface area contributed by atoms with Crippen molar-refractivity contribution in [1.82, 2.24) is 20.1 Å². The summed E-state index contributed by atoms with van der Waals surface area (Å²) < 4.78 is 41.4. The summed E-state index contributed by atoms with van der Waals surface area (Å²) in [5.41, 5.74) is -0.886. The van der Waals surface area contributed by atoms with Gasteiger partial charge in [0.2, 0.25) is 5.91 Å². The number of nitro benzene ring substituents is 1. The molecule has 4 aromatic rings. The average Bonchev–Trinajstić information content (AvgIpc) is 3.34. The number of nitrogens with zero attached hydrogens (tertiary/aromatic N) is 4. The van der Waals surface area contributed by atoms with Crippen LogP contribution in [0.15, 0.2) is 65.8 Å². The molecule has 42 heavy (non-hydrogen) atoms. The van der Waals surface area contributed by atoms with Crippen LogP contribution in [-0.4, -0.2) is 37.3 Å². The van der Waals surface area contributed by atoms with E-state index < -0.39 is 28.5 Å². The first-order chi connectivity index (χ1) is 19.9. The maximum Gasteiger partial charge on any atom is 0.418 e. The highest BCUT2D eigenvalue weighted by molar-refractivity contribution is 7.99. The van der Waals surface area contributed by atoms with Gasteiger partial charge in [-0.15, -0.1) is 10.2 Å². The summed E-state index contributed by atoms with van der Waals surface area (Å²) in [6.45, 7) is 1.28. The minimum absolute atomic E-state index is 0.0928. The fraction of sp³-hybridized carbons (Fsp3) is 0.154. The number of carbonyl (C=O) groups is 2. The minimum atomic E-state index is -4.66. The van der Waals surface area contributed by atoms with Gasteiger partial charge in [0.25, 0.3) is 11.6 Å². The van der Waals surface area contributed by atoms with Crippen molar-refractivity contribution in [1.29, 1.82) is 0 Å². The van der Waals surface area contributed by atoms with Crippen molar-refractivity contribution in [3.63, 3.8) is 0 Å². The molecule has 0 saturated carbocycles. The second kappa shape index (κ2) is 12.8. The zero-order valence-corrected chi connectivity index (χ0v) is 23.7. The summed E-state index contributed by atoms with van der Waals surface area (Å²) >= 11 is 13.1. The summed E-state index contributed by atoms with van der Waals surface area (Å²) in [6, 6.07) is 13.3. The normalized spacial score (nSPS) is 11.3. The van der Waals surface area contributed by atoms with Crippen molar-refractivity contribution < 1.29 is 27.7 Å². The standard InChI is InChI=1S/C26H19Cl2F3N6O4S/c1-14-16(5-4-8-21(14)37(40)41)24(39)32-12-22-34-35-25(36(22)15-9-10-18(27)19(28)11-15)42-13-23(38)33-20-7-3-2-6-17(20)26(29,30)31/h2-11H,12-13H2,1H3,(H,32,39)(H,33,38). The molecule has 1 heterocycles. The van der Waals surface area contributed by atoms with Gasteiger partial charge in [-0.3, -0.25) is 24.3 Å². The molecule has 0 unspecified atom stereocenters. The lowest BCUT2D eigenvalue weighted by atomic mass is 10.1. The van der Waals surface area contributed by atoms with E-state index in [-0.39, 0.29) is 55.8 Å². The second-order valence-electron chi connectivity index (χ2n) is 8.60. The number of carbonyl (C=O) groups excluding carboxylic acids is 2. The average molecular weight is 639 g/mol. The molecule has 0 fully saturated rings. The molecule has 3 aromatic carbocycles. The predicted molar refractivity (Wildman–Crippen MR) is 151 cm³/mol. The Kier molecular flexibility index (Phi) is 9.39. The van der Waals surface area contributed by atoms with Crippen LogP contribution in [0.1, 0.15) is 27.3 Å². The van der Waals surface area contributed by atoms with Gasteiger partial charge in [0, 0.05) is 17.2 Å². The third kappa shape index (κ3) is 7.01. The number of amides is 2. The maximum atomic E-state index is 13.3. The quantitative estimate of drug-likeness (QED) is 0.122. The molecule has 16 heteroatoms. The molecule has 0 radical (unpaired) electrons. The smallest absolute Gasteiger partial charge is 0.345 e. The van der Waals surface area contributed by atoms with Crippen LogP contribution < -0.4 is 10.6 Å². The third-order valence-electron chi connectivity index (χ3n) is 5.85. The number of anilines is 1. The van der Waals surface area contributed by atoms with Crippen LogP contribution in [0.4, 0.5) is 24.5 Å². The van der Waals surface area contributed by atoms with E-state index in [1.54, 1.807) is 6.07 Å². The molecule has 0 atom stereocenters. The molecule has 0 spiro atoms. The van der Waals surface area contributed by atoms with Crippen LogP contribution in [0.5, 0.6) is 0 Å². The number of alkyl halides is 3. The summed E-state index contributed by atoms with van der Waals surface area (Å²) in [4.78, 5) is 36.1. The van der Waals surface area contributed by atoms with Gasteiger partial charge >= 0.3 is 6.18 Å². The first-order valence-electron chi connectivity index (χ1n) is 11.9. The van der Waals surface area contributed by atoms with E-state index in [0.717, 1.165) is 23.9 Å². The monoisotopic (exact) mass is 638 g/mol. The SMILES string of the molecule is Cc1c(C(=O)NCc2nnc(SCC(=O)Nc3ccccc3C(F)(F)F)n2-c2ccc(Cl)c(Cl)c2)cccc1[N+](=O)[O-]. The lowest BCUT2D eigenvalue weighted by Gasteiger charge is -2.14. The number of para-hydroxylation sites is 1. The molecular weight excluding hydrogens is 620 g/mol. The Balaban J connectivity index is 1.56. The zero-order valence-electron chi connectivity index (χ0n) is 21.4. The van der Waals surface area contributed by atoms with E-state index in [1.807, 2.05) is 0 Å². The van der Waals surface area contributed by atoms with Crippen LogP contribution in [0.3, 0.4) is 0 Å². The largest absolute Gasteiger partial charge is 0.418 e. The number of hydrogen-bond acceptors (Lipinski definition) is 7. The Morgan fingerprint density at radius 2 is 1.79 bits per heavy atom. The lowest BCUT2D eigenvalue weighted by Crippen LogP contribution is -2.25. The molecule has 0 aliphatic carbocycles. The van der Waals surface area contributed by atoms with E-state index in [2.05, 4.69) is 20.8 Å². The molecular formula is C26H19Cl2F3N6O4S. The Morgan fingerprint density at radius 1 is 1.05 bits per heavy atom. The number of nitrogens with one attached hydrogen (secondary N) is 2. The number of nitro groups is 1. The maximum absolute atomic E-state index is 13.3. The van der Waals surface area contributed by atoms with E-state index >= 15 is 0 Å². The molecule has 10 nitrogen and oxygen atoms in total. The minimum Gasteiger partial charge on any atom is -0.345 e. The van der Waals surface area contributed by atoms with Crippen LogP contribution in [0, 0.1) is 17.0 Å². The number of aromatic nitrogens is 3. The highest BCUT2D eigenvalue weighted by Gasteiger charge is 2.33. The topological polar surface area (TPSA) is 132 Å². The molecule has 1 aromatic heterocycles. The molecule has 0 aliphatic rings. The fourth-order valence-electron chi connectivity index (χ4n) is 3.87. The van der Waals surface area contributed by atoms with Crippen LogP contribution in [0.25, 0.3) is 5.69 Å². The number of rotatable bonds is 9. The van der Waals surface area contributed by atoms with E-state index in [4.69, 9.17) is 23.2 Å². The molecule has 218 valence electrons. The highest BCUT2D eigenvalue weighted by Crippen LogP contribution is 2.35. The van der Waals surface area contributed by atoms with Gasteiger partial charge < -0.3 is 10.6 Å². The van der Waals surface area contributed by atoms with Crippen LogP contribution in [0.2, 0.25) is 10.0 Å². The molecule has 2 amide bonds. The highest BCUT2D eigenvalue weighted by atomic mass is 35.5. The lowest BCUT2D eigenvalue weighted by molar-refractivity contribution is -0.385. The summed E-state index contributed by atoms with van der Waals surface area (Å²) in [5, 5.41) is 25.0. The molecule has 0 saturated heterocycles. The van der Waals surface area contributed by atoms with Gasteiger partial charge in [0.05, 0.1) is 44.2 Å². The summed E-state index contributed by atoms with van der Waals surface area (Å²) in [6.07, 6.45) is -4.66. The van der Waals surface area contributed by atoms with Crippen LogP contribution >= 0.6 is 35.0 Å². The van der Waals surface area contributed by atoms with Gasteiger partial charge in [-0.2, -0.15) is 13.2 Å². The number of halogens is 5. The number of thioether (sulfide) groups is 1. The zero-order chi connectivity index (χ0) is 30.6. The number of hydrogen-bond donors (Lipinski definition) is 2. The van der Waals surface area contributed by atoms with Gasteiger partial charge in [0.1, 0.15) is 0 Å². The third-order valence-corrected chi connectivity index (χ3v) is 7.52. The number of benzene rings is 3. The molecule has 0 bridgehead atoms. The molecule has 2 N–H and O–H groups in total. The Hall–Kier alpha value is -4.14. The predicted octanol–water partition coefficient (Wildman–Crippen LogP) is 6.47. The molecule has 0 aliphatic heterocycles. The van der Waals surface area contributed by atoms with Gasteiger partial charge in [-0.05, 0) is 43.3 Å². The van der Waals surface area contributed by atoms with E-state index in [1.165, 1.54) is 54.0 Å². The van der Waals surface area contributed by atoms with Crippen molar-refractivity contribution >= 4 is 58.2 Å². The van der Waals surface area contributed by atoms with Gasteiger partial charge in [-0.25, -0.2) is 0 Å². The van der Waals surface area contributed by atoms with Crippen molar-refractivity contribution in [2.75, 3.05) is 11.1 Å². The van der Waals surface area contributed by atoms with Gasteiger partial charge in [0.15, 0.2) is 11.0 Å². The second-order valence-corrected chi connectivity index (χ2v) is 10.4. The summed E-state index contributed by atoms with van der Waals surface area (Å²) in [5.74, 6) is -1.45.